The highest BCUT2D eigenvalue weighted by atomic mass is 127. The van der Waals surface area contributed by atoms with Gasteiger partial charge in [0.15, 0.2) is 0 Å². The number of nitrogens with one attached hydrogen (secondary N) is 1. The fourth-order valence-electron chi connectivity index (χ4n) is 2.78. The zero-order valence-corrected chi connectivity index (χ0v) is 13.9. The van der Waals surface area contributed by atoms with Crippen molar-refractivity contribution in [3.05, 3.63) is 0 Å². The van der Waals surface area contributed by atoms with Gasteiger partial charge in [-0.15, -0.1) is 0 Å². The first kappa shape index (κ1) is 16.3. The van der Waals surface area contributed by atoms with Crippen LogP contribution in [0.4, 0.5) is 0 Å². The molecule has 0 aromatic heterocycles. The smallest absolute Gasteiger partial charge is 0.223 e. The molecule has 0 radical (unpaired) electrons. The molecule has 0 saturated heterocycles. The quantitative estimate of drug-likeness (QED) is 0.388. The van der Waals surface area contributed by atoms with Gasteiger partial charge in [0, 0.05) is 12.5 Å². The standard InChI is InChI=1S/C15H28INO/c1-2-3-6-13-7-9-14(10-8-13)15(18)17-12-5-4-11-16/h13-14H,2-12H2,1H3,(H,17,18). The monoisotopic (exact) mass is 365 g/mol. The van der Waals surface area contributed by atoms with E-state index in [9.17, 15) is 4.79 Å². The number of hydrogen-bond acceptors (Lipinski definition) is 1. The van der Waals surface area contributed by atoms with E-state index in [-0.39, 0.29) is 0 Å². The van der Waals surface area contributed by atoms with Crippen LogP contribution in [0.25, 0.3) is 0 Å². The van der Waals surface area contributed by atoms with Gasteiger partial charge in [0.2, 0.25) is 5.91 Å². The van der Waals surface area contributed by atoms with E-state index in [1.165, 1.54) is 43.0 Å². The van der Waals surface area contributed by atoms with Gasteiger partial charge in [-0.25, -0.2) is 0 Å². The van der Waals surface area contributed by atoms with E-state index in [2.05, 4.69) is 34.8 Å². The fourth-order valence-corrected chi connectivity index (χ4v) is 3.32. The van der Waals surface area contributed by atoms with Crippen molar-refractivity contribution in [2.24, 2.45) is 11.8 Å². The van der Waals surface area contributed by atoms with Crippen molar-refractivity contribution >= 4 is 28.5 Å². The maximum absolute atomic E-state index is 12.0. The summed E-state index contributed by atoms with van der Waals surface area (Å²) >= 11 is 2.39. The third kappa shape index (κ3) is 6.39. The average Bonchev–Trinajstić information content (AvgIpc) is 2.41. The van der Waals surface area contributed by atoms with Crippen molar-refractivity contribution in [1.82, 2.24) is 5.32 Å². The molecule has 1 fully saturated rings. The summed E-state index contributed by atoms with van der Waals surface area (Å²) in [7, 11) is 0. The van der Waals surface area contributed by atoms with Crippen molar-refractivity contribution < 1.29 is 4.79 Å². The van der Waals surface area contributed by atoms with Gasteiger partial charge >= 0.3 is 0 Å². The third-order valence-electron chi connectivity index (χ3n) is 4.04. The van der Waals surface area contributed by atoms with Crippen LogP contribution < -0.4 is 5.32 Å². The van der Waals surface area contributed by atoms with Crippen LogP contribution in [0.3, 0.4) is 0 Å². The van der Waals surface area contributed by atoms with Crippen molar-refractivity contribution in [2.75, 3.05) is 11.0 Å². The van der Waals surface area contributed by atoms with Crippen LogP contribution in [-0.4, -0.2) is 16.9 Å². The van der Waals surface area contributed by atoms with Gasteiger partial charge in [-0.05, 0) is 48.9 Å². The highest BCUT2D eigenvalue weighted by Gasteiger charge is 2.25. The number of carbonyl (C=O) groups excluding carboxylic acids is 1. The SMILES string of the molecule is CCCCC1CCC(C(=O)NCCCCI)CC1. The Morgan fingerprint density at radius 2 is 1.89 bits per heavy atom. The van der Waals surface area contributed by atoms with Gasteiger partial charge in [-0.2, -0.15) is 0 Å². The summed E-state index contributed by atoms with van der Waals surface area (Å²) in [5.41, 5.74) is 0. The van der Waals surface area contributed by atoms with Gasteiger partial charge in [0.05, 0.1) is 0 Å². The van der Waals surface area contributed by atoms with Crippen LogP contribution in [0.5, 0.6) is 0 Å². The zero-order valence-electron chi connectivity index (χ0n) is 11.7. The molecular formula is C15H28INO. The molecule has 0 bridgehead atoms. The maximum atomic E-state index is 12.0. The first-order valence-electron chi connectivity index (χ1n) is 7.61. The van der Waals surface area contributed by atoms with Gasteiger partial charge in [0.25, 0.3) is 0 Å². The minimum Gasteiger partial charge on any atom is -0.356 e. The Hall–Kier alpha value is 0.200. The molecule has 1 saturated carbocycles. The number of alkyl halides is 1. The molecule has 2 nitrogen and oxygen atoms in total. The van der Waals surface area contributed by atoms with Gasteiger partial charge in [0.1, 0.15) is 0 Å². The number of rotatable bonds is 8. The Kier molecular flexibility index (Phi) is 9.07. The Bertz CT molecular complexity index is 225. The molecule has 1 N–H and O–H groups in total. The van der Waals surface area contributed by atoms with Gasteiger partial charge in [-0.3, -0.25) is 4.79 Å². The predicted octanol–water partition coefficient (Wildman–Crippen LogP) is 4.31. The second-order valence-corrected chi connectivity index (χ2v) is 6.63. The van der Waals surface area contributed by atoms with Crippen LogP contribution in [0.2, 0.25) is 0 Å². The van der Waals surface area contributed by atoms with Crippen LogP contribution in [0, 0.1) is 11.8 Å². The second kappa shape index (κ2) is 10.0. The van der Waals surface area contributed by atoms with Crippen LogP contribution in [0.1, 0.15) is 64.7 Å². The average molecular weight is 365 g/mol. The lowest BCUT2D eigenvalue weighted by molar-refractivity contribution is -0.126. The first-order chi connectivity index (χ1) is 8.77. The van der Waals surface area contributed by atoms with Crippen LogP contribution in [0.15, 0.2) is 0 Å². The number of carbonyl (C=O) groups is 1. The minimum absolute atomic E-state index is 0.308. The van der Waals surface area contributed by atoms with Crippen LogP contribution in [-0.2, 0) is 4.79 Å². The van der Waals surface area contributed by atoms with E-state index in [1.807, 2.05) is 0 Å². The molecule has 0 unspecified atom stereocenters. The molecule has 0 aliphatic heterocycles. The molecule has 0 aromatic carbocycles. The van der Waals surface area contributed by atoms with Crippen molar-refractivity contribution in [3.8, 4) is 0 Å². The lowest BCUT2D eigenvalue weighted by atomic mass is 9.79. The summed E-state index contributed by atoms with van der Waals surface area (Å²) in [4.78, 5) is 12.0. The van der Waals surface area contributed by atoms with E-state index in [4.69, 9.17) is 0 Å². The molecule has 3 heteroatoms. The predicted molar refractivity (Wildman–Crippen MR) is 86.1 cm³/mol. The van der Waals surface area contributed by atoms with E-state index in [0.717, 1.165) is 31.7 Å². The number of unbranched alkanes of at least 4 members (excludes halogenated alkanes) is 2. The summed E-state index contributed by atoms with van der Waals surface area (Å²) in [6, 6.07) is 0. The molecule has 0 spiro atoms. The molecule has 0 heterocycles. The molecular weight excluding hydrogens is 337 g/mol. The van der Waals surface area contributed by atoms with E-state index < -0.39 is 0 Å². The number of halogens is 1. The molecule has 0 atom stereocenters. The molecule has 1 aliphatic rings. The molecule has 106 valence electrons. The molecule has 1 rings (SSSR count). The zero-order chi connectivity index (χ0) is 13.2. The summed E-state index contributed by atoms with van der Waals surface area (Å²) in [6.07, 6.45) is 11.2. The van der Waals surface area contributed by atoms with Crippen LogP contribution >= 0.6 is 22.6 Å². The number of hydrogen-bond donors (Lipinski definition) is 1. The highest BCUT2D eigenvalue weighted by Crippen LogP contribution is 2.31. The van der Waals surface area contributed by atoms with Gasteiger partial charge in [-0.1, -0.05) is 48.8 Å². The van der Waals surface area contributed by atoms with Gasteiger partial charge < -0.3 is 5.32 Å². The maximum Gasteiger partial charge on any atom is 0.223 e. The number of amides is 1. The molecule has 0 aromatic rings. The van der Waals surface area contributed by atoms with Crippen molar-refractivity contribution in [2.45, 2.75) is 64.7 Å². The van der Waals surface area contributed by atoms with Crippen molar-refractivity contribution in [3.63, 3.8) is 0 Å². The summed E-state index contributed by atoms with van der Waals surface area (Å²) < 4.78 is 1.19. The fraction of sp³-hybridized carbons (Fsp3) is 0.933. The Labute approximate surface area is 126 Å². The first-order valence-corrected chi connectivity index (χ1v) is 9.14. The summed E-state index contributed by atoms with van der Waals surface area (Å²) in [6.45, 7) is 3.13. The molecule has 1 aliphatic carbocycles. The lowest BCUT2D eigenvalue weighted by Crippen LogP contribution is -2.33. The topological polar surface area (TPSA) is 29.1 Å². The highest BCUT2D eigenvalue weighted by molar-refractivity contribution is 14.1. The third-order valence-corrected chi connectivity index (χ3v) is 4.81. The Morgan fingerprint density at radius 1 is 1.17 bits per heavy atom. The summed E-state index contributed by atoms with van der Waals surface area (Å²) in [5.74, 6) is 1.52. The second-order valence-electron chi connectivity index (χ2n) is 5.55. The largest absolute Gasteiger partial charge is 0.356 e. The summed E-state index contributed by atoms with van der Waals surface area (Å²) in [5, 5.41) is 3.10. The van der Waals surface area contributed by atoms with E-state index in [0.29, 0.717) is 11.8 Å². The van der Waals surface area contributed by atoms with E-state index >= 15 is 0 Å². The molecule has 1 amide bonds. The Balaban J connectivity index is 2.11. The Morgan fingerprint density at radius 3 is 2.50 bits per heavy atom. The lowest BCUT2D eigenvalue weighted by Gasteiger charge is -2.27. The minimum atomic E-state index is 0.308. The van der Waals surface area contributed by atoms with Crippen molar-refractivity contribution in [1.29, 1.82) is 0 Å². The molecule has 18 heavy (non-hydrogen) atoms. The normalized spacial score (nSPS) is 23.9. The van der Waals surface area contributed by atoms with E-state index in [1.54, 1.807) is 0 Å².